The molecule has 6 heteroatoms. The number of phenols is 4. The van der Waals surface area contributed by atoms with Gasteiger partial charge in [-0.3, -0.25) is 9.59 Å². The number of Topliss-reactive ketones (excluding diaryl/α,β-unsaturated/α-hetero) is 2. The van der Waals surface area contributed by atoms with E-state index in [1.165, 1.54) is 0 Å². The highest BCUT2D eigenvalue weighted by molar-refractivity contribution is 6.50. The maximum atomic E-state index is 11.9. The maximum absolute atomic E-state index is 11.9. The molecule has 2 aromatic rings. The number of benzene rings is 2. The molecule has 0 unspecified atom stereocenters. The van der Waals surface area contributed by atoms with Crippen LogP contribution in [0.2, 0.25) is 0 Å². The predicted molar refractivity (Wildman–Crippen MR) is 68.2 cm³/mol. The first kappa shape index (κ1) is 13.4. The summed E-state index contributed by atoms with van der Waals surface area (Å²) in [6.07, 6.45) is 0. The van der Waals surface area contributed by atoms with Crippen molar-refractivity contribution < 1.29 is 30.0 Å². The van der Waals surface area contributed by atoms with Crippen molar-refractivity contribution in [1.29, 1.82) is 0 Å². The van der Waals surface area contributed by atoms with Crippen LogP contribution < -0.4 is 0 Å². The standard InChI is InChI=1S/C14H10O6/c15-7-1-3-9(11(17)5-7)13(19)14(20)10-4-2-8(16)6-12(10)18/h1-6,15-18H. The van der Waals surface area contributed by atoms with E-state index in [1.54, 1.807) is 0 Å². The van der Waals surface area contributed by atoms with Crippen LogP contribution in [0.25, 0.3) is 0 Å². The molecule has 0 fully saturated rings. The number of ketones is 2. The second-order valence-electron chi connectivity index (χ2n) is 4.06. The second-order valence-corrected chi connectivity index (χ2v) is 4.06. The van der Waals surface area contributed by atoms with E-state index in [2.05, 4.69) is 0 Å². The fourth-order valence-corrected chi connectivity index (χ4v) is 1.67. The number of hydrogen-bond acceptors (Lipinski definition) is 6. The molecule has 0 aliphatic rings. The van der Waals surface area contributed by atoms with Crippen molar-refractivity contribution in [2.75, 3.05) is 0 Å². The number of hydrogen-bond donors (Lipinski definition) is 4. The van der Waals surface area contributed by atoms with E-state index in [0.717, 1.165) is 36.4 Å². The van der Waals surface area contributed by atoms with Gasteiger partial charge in [0.1, 0.15) is 23.0 Å². The van der Waals surface area contributed by atoms with Crippen LogP contribution in [-0.2, 0) is 0 Å². The van der Waals surface area contributed by atoms with Crippen molar-refractivity contribution in [1.82, 2.24) is 0 Å². The summed E-state index contributed by atoms with van der Waals surface area (Å²) in [6, 6.07) is 6.35. The monoisotopic (exact) mass is 274 g/mol. The summed E-state index contributed by atoms with van der Waals surface area (Å²) in [6.45, 7) is 0. The van der Waals surface area contributed by atoms with Gasteiger partial charge in [-0.15, -0.1) is 0 Å². The average molecular weight is 274 g/mol. The van der Waals surface area contributed by atoms with Gasteiger partial charge in [0.05, 0.1) is 11.1 Å². The third-order valence-corrected chi connectivity index (χ3v) is 2.66. The van der Waals surface area contributed by atoms with Gasteiger partial charge in [0, 0.05) is 12.1 Å². The van der Waals surface area contributed by atoms with Gasteiger partial charge in [0.25, 0.3) is 0 Å². The SMILES string of the molecule is O=C(C(=O)c1ccc(O)cc1O)c1ccc(O)cc1O. The molecule has 2 rings (SSSR count). The quantitative estimate of drug-likeness (QED) is 0.499. The fraction of sp³-hybridized carbons (Fsp3) is 0. The van der Waals surface area contributed by atoms with Crippen molar-refractivity contribution in [2.24, 2.45) is 0 Å². The number of rotatable bonds is 3. The summed E-state index contributed by atoms with van der Waals surface area (Å²) in [7, 11) is 0. The largest absolute Gasteiger partial charge is 0.508 e. The van der Waals surface area contributed by atoms with Crippen LogP contribution in [0.3, 0.4) is 0 Å². The van der Waals surface area contributed by atoms with Crippen molar-refractivity contribution in [3.05, 3.63) is 47.5 Å². The molecule has 0 aliphatic carbocycles. The number of carbonyl (C=O) groups excluding carboxylic acids is 2. The van der Waals surface area contributed by atoms with Crippen LogP contribution in [-0.4, -0.2) is 32.0 Å². The summed E-state index contributed by atoms with van der Waals surface area (Å²) in [5.41, 5.74) is -0.583. The first-order chi connectivity index (χ1) is 9.40. The fourth-order valence-electron chi connectivity index (χ4n) is 1.67. The molecule has 0 atom stereocenters. The van der Waals surface area contributed by atoms with E-state index in [4.69, 9.17) is 10.2 Å². The van der Waals surface area contributed by atoms with E-state index in [-0.39, 0.29) is 22.6 Å². The lowest BCUT2D eigenvalue weighted by atomic mass is 10.00. The summed E-state index contributed by atoms with van der Waals surface area (Å²) in [5.74, 6) is -3.66. The Kier molecular flexibility index (Phi) is 3.30. The number of aromatic hydroxyl groups is 4. The highest BCUT2D eigenvalue weighted by atomic mass is 16.3. The minimum absolute atomic E-state index is 0.251. The molecule has 0 saturated heterocycles. The predicted octanol–water partition coefficient (Wildman–Crippen LogP) is 1.57. The molecule has 0 aliphatic heterocycles. The average Bonchev–Trinajstić information content (AvgIpc) is 2.37. The zero-order chi connectivity index (χ0) is 14.9. The van der Waals surface area contributed by atoms with Gasteiger partial charge in [-0.05, 0) is 24.3 Å². The molecule has 0 heterocycles. The molecule has 6 nitrogen and oxygen atoms in total. The van der Waals surface area contributed by atoms with Crippen molar-refractivity contribution >= 4 is 11.6 Å². The minimum Gasteiger partial charge on any atom is -0.508 e. The summed E-state index contributed by atoms with van der Waals surface area (Å²) >= 11 is 0. The van der Waals surface area contributed by atoms with Crippen LogP contribution in [0.1, 0.15) is 20.7 Å². The van der Waals surface area contributed by atoms with Gasteiger partial charge in [0.2, 0.25) is 11.6 Å². The Labute approximate surface area is 113 Å². The van der Waals surface area contributed by atoms with Crippen molar-refractivity contribution in [3.63, 3.8) is 0 Å². The molecule has 2 aromatic carbocycles. The molecule has 0 amide bonds. The lowest BCUT2D eigenvalue weighted by Gasteiger charge is -2.05. The third-order valence-electron chi connectivity index (χ3n) is 2.66. The zero-order valence-electron chi connectivity index (χ0n) is 10.1. The highest BCUT2D eigenvalue weighted by Gasteiger charge is 2.24. The first-order valence-electron chi connectivity index (χ1n) is 5.53. The van der Waals surface area contributed by atoms with E-state index in [9.17, 15) is 19.8 Å². The minimum atomic E-state index is -1.04. The summed E-state index contributed by atoms with van der Waals surface area (Å²) in [5, 5.41) is 37.3. The molecular formula is C14H10O6. The van der Waals surface area contributed by atoms with Gasteiger partial charge < -0.3 is 20.4 Å². The Morgan fingerprint density at radius 2 is 1.00 bits per heavy atom. The summed E-state index contributed by atoms with van der Waals surface area (Å²) in [4.78, 5) is 23.9. The van der Waals surface area contributed by atoms with Crippen molar-refractivity contribution in [2.45, 2.75) is 0 Å². The first-order valence-corrected chi connectivity index (χ1v) is 5.53. The molecular weight excluding hydrogens is 264 g/mol. The van der Waals surface area contributed by atoms with Gasteiger partial charge in [-0.1, -0.05) is 0 Å². The molecule has 0 spiro atoms. The molecule has 0 aromatic heterocycles. The van der Waals surface area contributed by atoms with E-state index in [1.807, 2.05) is 0 Å². The lowest BCUT2D eigenvalue weighted by Crippen LogP contribution is -2.14. The Morgan fingerprint density at radius 1 is 0.650 bits per heavy atom. The molecule has 0 bridgehead atoms. The van der Waals surface area contributed by atoms with E-state index in [0.29, 0.717) is 0 Å². The van der Waals surface area contributed by atoms with Crippen LogP contribution in [0.4, 0.5) is 0 Å². The van der Waals surface area contributed by atoms with Gasteiger partial charge in [0.15, 0.2) is 0 Å². The number of carbonyl (C=O) groups is 2. The van der Waals surface area contributed by atoms with E-state index < -0.39 is 23.1 Å². The Balaban J connectivity index is 2.40. The van der Waals surface area contributed by atoms with Gasteiger partial charge in [-0.25, -0.2) is 0 Å². The maximum Gasteiger partial charge on any atom is 0.237 e. The second kappa shape index (κ2) is 4.93. The van der Waals surface area contributed by atoms with Gasteiger partial charge >= 0.3 is 0 Å². The van der Waals surface area contributed by atoms with Crippen LogP contribution in [0, 0.1) is 0 Å². The van der Waals surface area contributed by atoms with Crippen LogP contribution in [0.15, 0.2) is 36.4 Å². The Hall–Kier alpha value is -3.02. The van der Waals surface area contributed by atoms with Gasteiger partial charge in [-0.2, -0.15) is 0 Å². The topological polar surface area (TPSA) is 115 Å². The van der Waals surface area contributed by atoms with Crippen LogP contribution >= 0.6 is 0 Å². The third kappa shape index (κ3) is 2.39. The van der Waals surface area contributed by atoms with Crippen molar-refractivity contribution in [3.8, 4) is 23.0 Å². The molecule has 0 radical (unpaired) electrons. The normalized spacial score (nSPS) is 10.2. The molecule has 20 heavy (non-hydrogen) atoms. The zero-order valence-corrected chi connectivity index (χ0v) is 10.1. The highest BCUT2D eigenvalue weighted by Crippen LogP contribution is 2.27. The Bertz CT molecular complexity index is 643. The number of phenolic OH excluding ortho intramolecular Hbond substituents is 4. The summed E-state index contributed by atoms with van der Waals surface area (Å²) < 4.78 is 0. The van der Waals surface area contributed by atoms with Crippen LogP contribution in [0.5, 0.6) is 23.0 Å². The molecule has 0 saturated carbocycles. The smallest absolute Gasteiger partial charge is 0.237 e. The Morgan fingerprint density at radius 3 is 1.30 bits per heavy atom. The molecule has 4 N–H and O–H groups in total. The lowest BCUT2D eigenvalue weighted by molar-refractivity contribution is 0.0813. The van der Waals surface area contributed by atoms with E-state index >= 15 is 0 Å². The molecule has 102 valence electrons.